The molecule has 0 bridgehead atoms. The number of nitrogens with one attached hydrogen (secondary N) is 1. The van der Waals surface area contributed by atoms with Gasteiger partial charge in [0.15, 0.2) is 0 Å². The van der Waals surface area contributed by atoms with E-state index in [4.69, 9.17) is 0 Å². The number of benzene rings is 2. The molecule has 1 aliphatic carbocycles. The van der Waals surface area contributed by atoms with Gasteiger partial charge in [0.25, 0.3) is 5.56 Å². The van der Waals surface area contributed by atoms with Crippen LogP contribution >= 0.6 is 0 Å². The van der Waals surface area contributed by atoms with E-state index in [0.717, 1.165) is 35.9 Å². The summed E-state index contributed by atoms with van der Waals surface area (Å²) >= 11 is 0. The lowest BCUT2D eigenvalue weighted by molar-refractivity contribution is 0.464. The number of nitrogens with zero attached hydrogens (tertiary/aromatic N) is 1. The molecule has 0 spiro atoms. The standard InChI is InChI=1S/C25H29FN2O/c1-3-17(2)10-12-28-13-11-20-15-19(5-9-23(20)25(28)29)22-8-4-18(14-24(22)26)16-27-21-6-7-21/h4-5,8-9,11,13-15,17,21,27H,3,6-7,10,12,16H2,1-2H3/t17-/m1/s1. The molecule has 1 aromatic heterocycles. The van der Waals surface area contributed by atoms with E-state index in [1.54, 1.807) is 10.6 Å². The van der Waals surface area contributed by atoms with Crippen LogP contribution in [0, 0.1) is 11.7 Å². The van der Waals surface area contributed by atoms with Gasteiger partial charge in [-0.15, -0.1) is 0 Å². The smallest absolute Gasteiger partial charge is 0.258 e. The zero-order valence-corrected chi connectivity index (χ0v) is 17.2. The third kappa shape index (κ3) is 4.59. The Labute approximate surface area is 171 Å². The molecule has 1 heterocycles. The highest BCUT2D eigenvalue weighted by atomic mass is 19.1. The van der Waals surface area contributed by atoms with Crippen molar-refractivity contribution in [3.05, 3.63) is 70.4 Å². The molecular weight excluding hydrogens is 363 g/mol. The summed E-state index contributed by atoms with van der Waals surface area (Å²) < 4.78 is 16.5. The van der Waals surface area contributed by atoms with Crippen molar-refractivity contribution in [3.8, 4) is 11.1 Å². The molecule has 1 fully saturated rings. The van der Waals surface area contributed by atoms with Gasteiger partial charge in [0.1, 0.15) is 5.82 Å². The van der Waals surface area contributed by atoms with Crippen LogP contribution in [-0.2, 0) is 13.1 Å². The van der Waals surface area contributed by atoms with Gasteiger partial charge in [0, 0.05) is 36.3 Å². The summed E-state index contributed by atoms with van der Waals surface area (Å²) in [4.78, 5) is 12.8. The molecule has 29 heavy (non-hydrogen) atoms. The minimum atomic E-state index is -0.221. The van der Waals surface area contributed by atoms with Gasteiger partial charge in [0.2, 0.25) is 0 Å². The zero-order chi connectivity index (χ0) is 20.4. The van der Waals surface area contributed by atoms with Gasteiger partial charge in [-0.3, -0.25) is 4.79 Å². The summed E-state index contributed by atoms with van der Waals surface area (Å²) in [5, 5.41) is 4.95. The van der Waals surface area contributed by atoms with Crippen LogP contribution in [-0.4, -0.2) is 10.6 Å². The summed E-state index contributed by atoms with van der Waals surface area (Å²) in [6, 6.07) is 13.6. The molecule has 1 saturated carbocycles. The normalized spacial score (nSPS) is 15.0. The highest BCUT2D eigenvalue weighted by molar-refractivity contribution is 5.86. The molecule has 0 aliphatic heterocycles. The highest BCUT2D eigenvalue weighted by Gasteiger charge is 2.20. The fourth-order valence-corrected chi connectivity index (χ4v) is 3.65. The Bertz CT molecular complexity index is 1070. The predicted molar refractivity (Wildman–Crippen MR) is 118 cm³/mol. The third-order valence-corrected chi connectivity index (χ3v) is 6.05. The Morgan fingerprint density at radius 3 is 2.72 bits per heavy atom. The van der Waals surface area contributed by atoms with Gasteiger partial charge >= 0.3 is 0 Å². The number of fused-ring (bicyclic) bond motifs is 1. The Hall–Kier alpha value is -2.46. The van der Waals surface area contributed by atoms with E-state index < -0.39 is 0 Å². The van der Waals surface area contributed by atoms with Crippen molar-refractivity contribution in [3.63, 3.8) is 0 Å². The first-order chi connectivity index (χ1) is 14.0. The van der Waals surface area contributed by atoms with Crippen LogP contribution in [0.4, 0.5) is 4.39 Å². The lowest BCUT2D eigenvalue weighted by Crippen LogP contribution is -2.20. The van der Waals surface area contributed by atoms with Crippen molar-refractivity contribution in [2.24, 2.45) is 5.92 Å². The molecule has 4 rings (SSSR count). The average molecular weight is 393 g/mol. The van der Waals surface area contributed by atoms with E-state index in [1.807, 2.05) is 42.6 Å². The molecule has 2 aromatic carbocycles. The van der Waals surface area contributed by atoms with Crippen molar-refractivity contribution >= 4 is 10.8 Å². The van der Waals surface area contributed by atoms with Crippen LogP contribution in [0.1, 0.15) is 45.1 Å². The number of rotatable bonds is 8. The van der Waals surface area contributed by atoms with E-state index in [9.17, 15) is 9.18 Å². The maximum atomic E-state index is 14.7. The van der Waals surface area contributed by atoms with Crippen LogP contribution in [0.2, 0.25) is 0 Å². The topological polar surface area (TPSA) is 34.0 Å². The summed E-state index contributed by atoms with van der Waals surface area (Å²) in [6.07, 6.45) is 6.41. The second-order valence-electron chi connectivity index (χ2n) is 8.39. The molecule has 0 saturated heterocycles. The molecule has 4 heteroatoms. The first-order valence-electron chi connectivity index (χ1n) is 10.7. The number of halogens is 1. The van der Waals surface area contributed by atoms with Crippen molar-refractivity contribution < 1.29 is 4.39 Å². The van der Waals surface area contributed by atoms with Crippen LogP contribution in [0.25, 0.3) is 21.9 Å². The van der Waals surface area contributed by atoms with Gasteiger partial charge in [-0.25, -0.2) is 4.39 Å². The maximum absolute atomic E-state index is 14.7. The predicted octanol–water partition coefficient (Wildman–Crippen LogP) is 5.50. The number of aromatic nitrogens is 1. The SMILES string of the molecule is CC[C@@H](C)CCn1ccc2cc(-c3ccc(CNC4CC4)cc3F)ccc2c1=O. The molecule has 1 atom stereocenters. The molecule has 0 amide bonds. The summed E-state index contributed by atoms with van der Waals surface area (Å²) in [5.74, 6) is 0.381. The summed E-state index contributed by atoms with van der Waals surface area (Å²) in [7, 11) is 0. The van der Waals surface area contributed by atoms with Gasteiger partial charge in [-0.1, -0.05) is 38.5 Å². The van der Waals surface area contributed by atoms with Crippen LogP contribution in [0.3, 0.4) is 0 Å². The lowest BCUT2D eigenvalue weighted by Gasteiger charge is -2.12. The van der Waals surface area contributed by atoms with Gasteiger partial charge in [-0.2, -0.15) is 0 Å². The quantitative estimate of drug-likeness (QED) is 0.549. The number of aryl methyl sites for hydroxylation is 1. The summed E-state index contributed by atoms with van der Waals surface area (Å²) in [6.45, 7) is 5.82. The van der Waals surface area contributed by atoms with E-state index in [2.05, 4.69) is 19.2 Å². The molecule has 3 nitrogen and oxygen atoms in total. The van der Waals surface area contributed by atoms with Crippen molar-refractivity contribution in [2.75, 3.05) is 0 Å². The van der Waals surface area contributed by atoms with E-state index in [1.165, 1.54) is 12.8 Å². The average Bonchev–Trinajstić information content (AvgIpc) is 3.56. The van der Waals surface area contributed by atoms with E-state index in [-0.39, 0.29) is 11.4 Å². The fraction of sp³-hybridized carbons (Fsp3) is 0.400. The van der Waals surface area contributed by atoms with Crippen molar-refractivity contribution in [2.45, 2.75) is 58.7 Å². The Kier molecular flexibility index (Phi) is 5.81. The first-order valence-corrected chi connectivity index (χ1v) is 10.7. The van der Waals surface area contributed by atoms with Gasteiger partial charge < -0.3 is 9.88 Å². The number of pyridine rings is 1. The fourth-order valence-electron chi connectivity index (χ4n) is 3.65. The van der Waals surface area contributed by atoms with Crippen LogP contribution in [0.15, 0.2) is 53.5 Å². The van der Waals surface area contributed by atoms with Crippen molar-refractivity contribution in [1.29, 1.82) is 0 Å². The minimum Gasteiger partial charge on any atom is -0.315 e. The molecule has 0 unspecified atom stereocenters. The molecule has 1 aliphatic rings. The Morgan fingerprint density at radius 2 is 2.00 bits per heavy atom. The monoisotopic (exact) mass is 392 g/mol. The van der Waals surface area contributed by atoms with Gasteiger partial charge in [0.05, 0.1) is 0 Å². The Morgan fingerprint density at radius 1 is 1.17 bits per heavy atom. The Balaban J connectivity index is 1.57. The molecular formula is C25H29FN2O. The van der Waals surface area contributed by atoms with Crippen molar-refractivity contribution in [1.82, 2.24) is 9.88 Å². The molecule has 0 radical (unpaired) electrons. The van der Waals surface area contributed by atoms with E-state index >= 15 is 0 Å². The largest absolute Gasteiger partial charge is 0.315 e. The summed E-state index contributed by atoms with van der Waals surface area (Å²) in [5.41, 5.74) is 2.36. The lowest BCUT2D eigenvalue weighted by atomic mass is 10.00. The van der Waals surface area contributed by atoms with Crippen LogP contribution < -0.4 is 10.9 Å². The molecule has 152 valence electrons. The second kappa shape index (κ2) is 8.50. The maximum Gasteiger partial charge on any atom is 0.258 e. The molecule has 3 aromatic rings. The minimum absolute atomic E-state index is 0.0272. The highest BCUT2D eigenvalue weighted by Crippen LogP contribution is 2.27. The number of hydrogen-bond acceptors (Lipinski definition) is 2. The van der Waals surface area contributed by atoms with Gasteiger partial charge in [-0.05, 0) is 66.0 Å². The zero-order valence-electron chi connectivity index (χ0n) is 17.2. The molecule has 1 N–H and O–H groups in total. The van der Waals surface area contributed by atoms with E-state index in [0.29, 0.717) is 29.5 Å². The second-order valence-corrected chi connectivity index (χ2v) is 8.39. The first kappa shape index (κ1) is 19.8. The van der Waals surface area contributed by atoms with Crippen LogP contribution in [0.5, 0.6) is 0 Å². The number of hydrogen-bond donors (Lipinski definition) is 1. The third-order valence-electron chi connectivity index (χ3n) is 6.05.